The van der Waals surface area contributed by atoms with Gasteiger partial charge in [-0.3, -0.25) is 4.79 Å². The van der Waals surface area contributed by atoms with Crippen LogP contribution in [0.1, 0.15) is 12.8 Å². The predicted octanol–water partition coefficient (Wildman–Crippen LogP) is -1.40. The van der Waals surface area contributed by atoms with Crippen molar-refractivity contribution >= 4 is 25.8 Å². The quantitative estimate of drug-likeness (QED) is 0.655. The van der Waals surface area contributed by atoms with Crippen LogP contribution < -0.4 is 0 Å². The summed E-state index contributed by atoms with van der Waals surface area (Å²) >= 11 is 0. The maximum atomic E-state index is 12.4. The minimum absolute atomic E-state index is 0.0353. The Labute approximate surface area is 124 Å². The van der Waals surface area contributed by atoms with Crippen LogP contribution in [0.5, 0.6) is 0 Å². The molecule has 21 heavy (non-hydrogen) atoms. The molecular formula is C11H20N2O6S2. The van der Waals surface area contributed by atoms with Crippen LogP contribution in [-0.4, -0.2) is 86.6 Å². The first kappa shape index (κ1) is 16.7. The first-order valence-electron chi connectivity index (χ1n) is 6.84. The molecule has 8 nitrogen and oxygen atoms in total. The first-order valence-corrected chi connectivity index (χ1v) is 10.2. The predicted molar refractivity (Wildman–Crippen MR) is 76.2 cm³/mol. The van der Waals surface area contributed by atoms with E-state index in [4.69, 9.17) is 5.11 Å². The van der Waals surface area contributed by atoms with Gasteiger partial charge in [0.25, 0.3) is 0 Å². The average molecular weight is 340 g/mol. The second-order valence-corrected chi connectivity index (χ2v) is 9.90. The number of carbonyl (C=O) groups is 1. The van der Waals surface area contributed by atoms with E-state index in [0.29, 0.717) is 32.7 Å². The van der Waals surface area contributed by atoms with Gasteiger partial charge in [0.15, 0.2) is 9.84 Å². The van der Waals surface area contributed by atoms with Crippen molar-refractivity contribution in [3.8, 4) is 0 Å². The lowest BCUT2D eigenvalue weighted by Crippen LogP contribution is -2.51. The van der Waals surface area contributed by atoms with Crippen molar-refractivity contribution in [3.63, 3.8) is 0 Å². The third-order valence-corrected chi connectivity index (χ3v) is 8.25. The second-order valence-electron chi connectivity index (χ2n) is 5.45. The number of carboxylic acid groups (broad SMARTS) is 1. The maximum absolute atomic E-state index is 12.4. The van der Waals surface area contributed by atoms with Gasteiger partial charge in [-0.05, 0) is 6.42 Å². The fourth-order valence-electron chi connectivity index (χ4n) is 2.67. The number of sulfonamides is 1. The number of rotatable bonds is 5. The third-order valence-electron chi connectivity index (χ3n) is 3.94. The summed E-state index contributed by atoms with van der Waals surface area (Å²) < 4.78 is 49.0. The third kappa shape index (κ3) is 4.15. The molecule has 0 amide bonds. The van der Waals surface area contributed by atoms with Crippen molar-refractivity contribution in [2.45, 2.75) is 18.1 Å². The Morgan fingerprint density at radius 2 is 1.81 bits per heavy atom. The summed E-state index contributed by atoms with van der Waals surface area (Å²) in [7, 11) is -6.80. The molecule has 2 aliphatic heterocycles. The minimum Gasteiger partial charge on any atom is -0.481 e. The lowest BCUT2D eigenvalue weighted by Gasteiger charge is -2.34. The molecule has 0 spiro atoms. The molecule has 2 rings (SSSR count). The Bertz CT molecular complexity index is 592. The van der Waals surface area contributed by atoms with Gasteiger partial charge in [-0.2, -0.15) is 4.31 Å². The average Bonchev–Trinajstić information content (AvgIpc) is 2.78. The van der Waals surface area contributed by atoms with Crippen molar-refractivity contribution in [1.29, 1.82) is 0 Å². The molecule has 0 bridgehead atoms. The van der Waals surface area contributed by atoms with E-state index >= 15 is 0 Å². The highest BCUT2D eigenvalue weighted by Gasteiger charge is 2.41. The van der Waals surface area contributed by atoms with Crippen LogP contribution in [0, 0.1) is 0 Å². The smallest absolute Gasteiger partial charge is 0.304 e. The number of hydrogen-bond acceptors (Lipinski definition) is 6. The van der Waals surface area contributed by atoms with Crippen LogP contribution in [0.25, 0.3) is 0 Å². The SMILES string of the molecule is O=C(O)CCN1CCN(S(=O)(=O)C2CCS(=O)(=O)C2)CC1. The van der Waals surface area contributed by atoms with E-state index in [1.54, 1.807) is 0 Å². The molecule has 0 aromatic heterocycles. The molecule has 10 heteroatoms. The summed E-state index contributed by atoms with van der Waals surface area (Å²) in [5, 5.41) is 7.80. The Morgan fingerprint density at radius 3 is 2.29 bits per heavy atom. The van der Waals surface area contributed by atoms with Crippen LogP contribution in [0.15, 0.2) is 0 Å². The Balaban J connectivity index is 1.91. The normalized spacial score (nSPS) is 27.7. The fraction of sp³-hybridized carbons (Fsp3) is 0.909. The van der Waals surface area contributed by atoms with Gasteiger partial charge in [-0.25, -0.2) is 16.8 Å². The number of sulfone groups is 1. The summed E-state index contributed by atoms with van der Waals surface area (Å²) in [4.78, 5) is 12.4. The van der Waals surface area contributed by atoms with Crippen molar-refractivity contribution in [3.05, 3.63) is 0 Å². The van der Waals surface area contributed by atoms with Crippen LogP contribution in [0.3, 0.4) is 0 Å². The van der Waals surface area contributed by atoms with E-state index in [0.717, 1.165) is 0 Å². The monoisotopic (exact) mass is 340 g/mol. The van der Waals surface area contributed by atoms with Crippen LogP contribution in [0.2, 0.25) is 0 Å². The molecule has 0 aromatic carbocycles. The molecule has 2 heterocycles. The molecule has 0 aliphatic carbocycles. The van der Waals surface area contributed by atoms with E-state index in [9.17, 15) is 21.6 Å². The molecule has 0 aromatic rings. The van der Waals surface area contributed by atoms with Gasteiger partial charge in [-0.1, -0.05) is 0 Å². The summed E-state index contributed by atoms with van der Waals surface area (Å²) in [6, 6.07) is 0. The number of piperazine rings is 1. The molecule has 2 aliphatic rings. The molecule has 122 valence electrons. The summed E-state index contributed by atoms with van der Waals surface area (Å²) in [5.74, 6) is -1.22. The summed E-state index contributed by atoms with van der Waals surface area (Å²) in [6.07, 6.45) is 0.206. The van der Waals surface area contributed by atoms with E-state index in [2.05, 4.69) is 0 Å². The minimum atomic E-state index is -3.58. The molecular weight excluding hydrogens is 320 g/mol. The lowest BCUT2D eigenvalue weighted by atomic mass is 10.3. The number of hydrogen-bond donors (Lipinski definition) is 1. The zero-order valence-electron chi connectivity index (χ0n) is 11.6. The summed E-state index contributed by atoms with van der Waals surface area (Å²) in [6.45, 7) is 1.94. The van der Waals surface area contributed by atoms with Crippen LogP contribution in [-0.2, 0) is 24.7 Å². The molecule has 1 atom stereocenters. The second kappa shape index (κ2) is 6.19. The van der Waals surface area contributed by atoms with Gasteiger partial charge in [0.1, 0.15) is 0 Å². The van der Waals surface area contributed by atoms with Gasteiger partial charge in [-0.15, -0.1) is 0 Å². The van der Waals surface area contributed by atoms with Crippen molar-refractivity contribution in [2.24, 2.45) is 0 Å². The topological polar surface area (TPSA) is 112 Å². The highest BCUT2D eigenvalue weighted by Crippen LogP contribution is 2.23. The van der Waals surface area contributed by atoms with E-state index in [1.807, 2.05) is 4.90 Å². The number of aliphatic carboxylic acids is 1. The lowest BCUT2D eigenvalue weighted by molar-refractivity contribution is -0.137. The maximum Gasteiger partial charge on any atom is 0.304 e. The van der Waals surface area contributed by atoms with Crippen molar-refractivity contribution in [2.75, 3.05) is 44.2 Å². The standard InChI is InChI=1S/C11H20N2O6S2/c14-11(15)1-3-12-4-6-13(7-5-12)21(18,19)10-2-8-20(16,17)9-10/h10H,1-9H2,(H,14,15). The van der Waals surface area contributed by atoms with E-state index in [1.165, 1.54) is 4.31 Å². The van der Waals surface area contributed by atoms with E-state index < -0.39 is 31.1 Å². The van der Waals surface area contributed by atoms with Crippen molar-refractivity contribution < 1.29 is 26.7 Å². The van der Waals surface area contributed by atoms with Gasteiger partial charge in [0, 0.05) is 32.7 Å². The largest absolute Gasteiger partial charge is 0.481 e. The Morgan fingerprint density at radius 1 is 1.19 bits per heavy atom. The number of nitrogens with zero attached hydrogens (tertiary/aromatic N) is 2. The molecule has 1 N–H and O–H groups in total. The van der Waals surface area contributed by atoms with Gasteiger partial charge < -0.3 is 10.0 Å². The molecule has 0 radical (unpaired) electrons. The first-order chi connectivity index (χ1) is 9.71. The zero-order valence-corrected chi connectivity index (χ0v) is 13.3. The number of carboxylic acids is 1. The molecule has 1 unspecified atom stereocenters. The van der Waals surface area contributed by atoms with Crippen molar-refractivity contribution in [1.82, 2.24) is 9.21 Å². The Kier molecular flexibility index (Phi) is 4.91. The fourth-order valence-corrected chi connectivity index (χ4v) is 7.18. The molecule has 0 saturated carbocycles. The molecule has 2 saturated heterocycles. The highest BCUT2D eigenvalue weighted by atomic mass is 32.2. The highest BCUT2D eigenvalue weighted by molar-refractivity contribution is 7.95. The Hall–Kier alpha value is -0.710. The molecule has 2 fully saturated rings. The summed E-state index contributed by atoms with van der Waals surface area (Å²) in [5.41, 5.74) is 0. The van der Waals surface area contributed by atoms with Gasteiger partial charge >= 0.3 is 5.97 Å². The van der Waals surface area contributed by atoms with Crippen LogP contribution in [0.4, 0.5) is 0 Å². The zero-order chi connectivity index (χ0) is 15.7. The van der Waals surface area contributed by atoms with Gasteiger partial charge in [0.2, 0.25) is 10.0 Å². The van der Waals surface area contributed by atoms with Crippen LogP contribution >= 0.6 is 0 Å². The van der Waals surface area contributed by atoms with E-state index in [-0.39, 0.29) is 24.3 Å². The van der Waals surface area contributed by atoms with Gasteiger partial charge in [0.05, 0.1) is 23.2 Å².